The third-order valence-corrected chi connectivity index (χ3v) is 9.62. The SMILES string of the molecule is CCN(C(=O)[C@H](C)Sc1nc2sc3c(c2c(=O)[nH]1)CCCC3)[C@@H]1CCS(=O)(=O)C1. The van der Waals surface area contributed by atoms with Gasteiger partial charge in [0, 0.05) is 17.5 Å². The first-order valence-corrected chi connectivity index (χ1v) is 13.5. The molecule has 1 fully saturated rings. The second-order valence-corrected chi connectivity index (χ2v) is 12.3. The van der Waals surface area contributed by atoms with E-state index in [-0.39, 0.29) is 29.0 Å². The lowest BCUT2D eigenvalue weighted by Gasteiger charge is -2.29. The van der Waals surface area contributed by atoms with Crippen molar-refractivity contribution >= 4 is 49.1 Å². The van der Waals surface area contributed by atoms with E-state index in [1.807, 2.05) is 6.92 Å². The highest BCUT2D eigenvalue weighted by Gasteiger charge is 2.35. The van der Waals surface area contributed by atoms with Crippen molar-refractivity contribution in [2.24, 2.45) is 0 Å². The molecule has 1 aliphatic heterocycles. The van der Waals surface area contributed by atoms with Gasteiger partial charge in [-0.05, 0) is 51.5 Å². The van der Waals surface area contributed by atoms with E-state index in [2.05, 4.69) is 9.97 Å². The molecule has 1 amide bonds. The summed E-state index contributed by atoms with van der Waals surface area (Å²) in [7, 11) is -3.06. The number of carbonyl (C=O) groups is 1. The normalized spacial score (nSPS) is 21.8. The molecule has 0 aromatic carbocycles. The maximum absolute atomic E-state index is 13.0. The van der Waals surface area contributed by atoms with E-state index in [4.69, 9.17) is 0 Å². The standard InChI is InChI=1S/C19H25N3O4S3/c1-3-22(12-8-9-29(25,26)10-12)18(24)11(2)27-19-20-16(23)15-13-6-4-5-7-14(13)28-17(15)21-19/h11-12H,3-10H2,1-2H3,(H,20,21,23)/t11-,12+/m0/s1. The zero-order valence-electron chi connectivity index (χ0n) is 16.6. The number of hydrogen-bond acceptors (Lipinski definition) is 7. The van der Waals surface area contributed by atoms with Crippen LogP contribution >= 0.6 is 23.1 Å². The number of thiophene rings is 1. The fourth-order valence-electron chi connectivity index (χ4n) is 4.27. The summed E-state index contributed by atoms with van der Waals surface area (Å²) in [5.74, 6) is 0.0522. The van der Waals surface area contributed by atoms with Crippen molar-refractivity contribution in [3.05, 3.63) is 20.8 Å². The van der Waals surface area contributed by atoms with Crippen LogP contribution in [0.25, 0.3) is 10.2 Å². The predicted octanol–water partition coefficient (Wildman–Crippen LogP) is 2.38. The minimum Gasteiger partial charge on any atom is -0.338 e. The summed E-state index contributed by atoms with van der Waals surface area (Å²) in [5.41, 5.74) is 1.01. The van der Waals surface area contributed by atoms with E-state index in [1.54, 1.807) is 23.2 Å². The lowest BCUT2D eigenvalue weighted by Crippen LogP contribution is -2.44. The number of carbonyl (C=O) groups excluding carboxylic acids is 1. The minimum atomic E-state index is -3.06. The van der Waals surface area contributed by atoms with E-state index in [0.29, 0.717) is 23.5 Å². The van der Waals surface area contributed by atoms with Crippen molar-refractivity contribution in [3.8, 4) is 0 Å². The number of hydrogen-bond donors (Lipinski definition) is 1. The van der Waals surface area contributed by atoms with Crippen molar-refractivity contribution in [1.29, 1.82) is 0 Å². The van der Waals surface area contributed by atoms with Crippen LogP contribution < -0.4 is 5.56 Å². The Morgan fingerprint density at radius 3 is 2.83 bits per heavy atom. The van der Waals surface area contributed by atoms with Gasteiger partial charge in [0.2, 0.25) is 5.91 Å². The summed E-state index contributed by atoms with van der Waals surface area (Å²) < 4.78 is 23.6. The summed E-state index contributed by atoms with van der Waals surface area (Å²) >= 11 is 2.82. The molecule has 10 heteroatoms. The zero-order chi connectivity index (χ0) is 20.8. The number of amides is 1. The van der Waals surface area contributed by atoms with Gasteiger partial charge in [0.15, 0.2) is 15.0 Å². The van der Waals surface area contributed by atoms with Gasteiger partial charge in [0.25, 0.3) is 5.56 Å². The van der Waals surface area contributed by atoms with Gasteiger partial charge < -0.3 is 9.88 Å². The number of aryl methyl sites for hydroxylation is 2. The fraction of sp³-hybridized carbons (Fsp3) is 0.632. The van der Waals surface area contributed by atoms with Crippen LogP contribution in [-0.4, -0.2) is 58.5 Å². The molecule has 2 aromatic heterocycles. The van der Waals surface area contributed by atoms with Crippen LogP contribution in [0, 0.1) is 0 Å². The molecule has 1 aliphatic carbocycles. The van der Waals surface area contributed by atoms with Crippen LogP contribution in [0.1, 0.15) is 43.6 Å². The molecule has 3 heterocycles. The lowest BCUT2D eigenvalue weighted by atomic mass is 9.97. The second-order valence-electron chi connectivity index (χ2n) is 7.70. The van der Waals surface area contributed by atoms with Gasteiger partial charge in [-0.3, -0.25) is 9.59 Å². The van der Waals surface area contributed by atoms with E-state index in [0.717, 1.165) is 36.1 Å². The Bertz CT molecular complexity index is 1110. The topological polar surface area (TPSA) is 100 Å². The number of thioether (sulfide) groups is 1. The molecule has 7 nitrogen and oxygen atoms in total. The number of aromatic amines is 1. The largest absolute Gasteiger partial charge is 0.338 e. The summed E-state index contributed by atoms with van der Waals surface area (Å²) in [6, 6.07) is -0.265. The molecule has 0 bridgehead atoms. The second kappa shape index (κ2) is 8.03. The number of nitrogens with one attached hydrogen (secondary N) is 1. The van der Waals surface area contributed by atoms with Crippen LogP contribution in [0.15, 0.2) is 9.95 Å². The first-order chi connectivity index (χ1) is 13.8. The fourth-order valence-corrected chi connectivity index (χ4v) is 8.18. The van der Waals surface area contributed by atoms with Crippen molar-refractivity contribution in [3.63, 3.8) is 0 Å². The summed E-state index contributed by atoms with van der Waals surface area (Å²) in [6.07, 6.45) is 4.67. The average molecular weight is 456 g/mol. The molecule has 0 radical (unpaired) electrons. The molecule has 2 aromatic rings. The Morgan fingerprint density at radius 2 is 2.14 bits per heavy atom. The van der Waals surface area contributed by atoms with E-state index in [1.165, 1.54) is 16.6 Å². The Balaban J connectivity index is 1.54. The predicted molar refractivity (Wildman–Crippen MR) is 117 cm³/mol. The van der Waals surface area contributed by atoms with Crippen LogP contribution in [-0.2, 0) is 27.5 Å². The maximum atomic E-state index is 13.0. The highest BCUT2D eigenvalue weighted by atomic mass is 32.2. The van der Waals surface area contributed by atoms with E-state index >= 15 is 0 Å². The molecule has 1 N–H and O–H groups in total. The minimum absolute atomic E-state index is 0.0335. The van der Waals surface area contributed by atoms with Gasteiger partial charge in [0.05, 0.1) is 22.1 Å². The maximum Gasteiger partial charge on any atom is 0.260 e. The van der Waals surface area contributed by atoms with Crippen LogP contribution in [0.5, 0.6) is 0 Å². The van der Waals surface area contributed by atoms with Gasteiger partial charge in [-0.25, -0.2) is 13.4 Å². The van der Waals surface area contributed by atoms with Crippen molar-refractivity contribution in [1.82, 2.24) is 14.9 Å². The van der Waals surface area contributed by atoms with Gasteiger partial charge in [0.1, 0.15) is 4.83 Å². The van der Waals surface area contributed by atoms with Crippen molar-refractivity contribution in [2.75, 3.05) is 18.1 Å². The van der Waals surface area contributed by atoms with Crippen molar-refractivity contribution < 1.29 is 13.2 Å². The third kappa shape index (κ3) is 4.11. The van der Waals surface area contributed by atoms with Gasteiger partial charge in [-0.2, -0.15) is 0 Å². The first-order valence-electron chi connectivity index (χ1n) is 10.0. The molecular formula is C19H25N3O4S3. The molecule has 0 unspecified atom stereocenters. The van der Waals surface area contributed by atoms with E-state index in [9.17, 15) is 18.0 Å². The van der Waals surface area contributed by atoms with Crippen LogP contribution in [0.2, 0.25) is 0 Å². The number of aromatic nitrogens is 2. The monoisotopic (exact) mass is 455 g/mol. The summed E-state index contributed by atoms with van der Waals surface area (Å²) in [6.45, 7) is 4.11. The molecule has 1 saturated heterocycles. The molecule has 29 heavy (non-hydrogen) atoms. The molecule has 2 aliphatic rings. The van der Waals surface area contributed by atoms with Crippen molar-refractivity contribution in [2.45, 2.75) is 62.4 Å². The highest BCUT2D eigenvalue weighted by Crippen LogP contribution is 2.34. The number of rotatable bonds is 5. The first kappa shape index (κ1) is 20.9. The van der Waals surface area contributed by atoms with E-state index < -0.39 is 15.1 Å². The Labute approximate surface area is 178 Å². The Hall–Kier alpha value is -1.39. The average Bonchev–Trinajstić information content (AvgIpc) is 3.21. The Morgan fingerprint density at radius 1 is 1.38 bits per heavy atom. The molecule has 0 saturated carbocycles. The number of fused-ring (bicyclic) bond motifs is 3. The van der Waals surface area contributed by atoms with Crippen LogP contribution in [0.4, 0.5) is 0 Å². The number of sulfone groups is 1. The molecular weight excluding hydrogens is 430 g/mol. The summed E-state index contributed by atoms with van der Waals surface area (Å²) in [4.78, 5) is 36.8. The number of H-pyrrole nitrogens is 1. The molecule has 158 valence electrons. The van der Waals surface area contributed by atoms with Gasteiger partial charge in [-0.1, -0.05) is 11.8 Å². The quantitative estimate of drug-likeness (QED) is 0.549. The van der Waals surface area contributed by atoms with Gasteiger partial charge in [-0.15, -0.1) is 11.3 Å². The smallest absolute Gasteiger partial charge is 0.260 e. The lowest BCUT2D eigenvalue weighted by molar-refractivity contribution is -0.131. The zero-order valence-corrected chi connectivity index (χ0v) is 19.0. The van der Waals surface area contributed by atoms with Crippen LogP contribution in [0.3, 0.4) is 0 Å². The molecule has 0 spiro atoms. The summed E-state index contributed by atoms with van der Waals surface area (Å²) in [5, 5.41) is 0.685. The highest BCUT2D eigenvalue weighted by molar-refractivity contribution is 8.00. The third-order valence-electron chi connectivity index (χ3n) is 5.71. The van der Waals surface area contributed by atoms with Gasteiger partial charge >= 0.3 is 0 Å². The Kier molecular flexibility index (Phi) is 5.78. The molecule has 4 rings (SSSR count). The molecule has 2 atom stereocenters. The number of nitrogens with zero attached hydrogens (tertiary/aromatic N) is 2.